The fourth-order valence-corrected chi connectivity index (χ4v) is 2.89. The van der Waals surface area contributed by atoms with E-state index in [2.05, 4.69) is 0 Å². The summed E-state index contributed by atoms with van der Waals surface area (Å²) < 4.78 is 25.1. The van der Waals surface area contributed by atoms with E-state index in [4.69, 9.17) is 9.47 Å². The van der Waals surface area contributed by atoms with Crippen LogP contribution in [0.2, 0.25) is 0 Å². The van der Waals surface area contributed by atoms with Gasteiger partial charge in [0.15, 0.2) is 23.1 Å². The van der Waals surface area contributed by atoms with Crippen LogP contribution in [0.3, 0.4) is 0 Å². The molecule has 0 amide bonds. The molecule has 5 heteroatoms. The summed E-state index contributed by atoms with van der Waals surface area (Å²) in [4.78, 5) is 12.5. The molecule has 0 atom stereocenters. The predicted octanol–water partition coefficient (Wildman–Crippen LogP) is 4.21. The molecule has 0 saturated carbocycles. The van der Waals surface area contributed by atoms with Crippen LogP contribution in [0.15, 0.2) is 23.8 Å². The second-order valence-corrected chi connectivity index (χ2v) is 5.62. The van der Waals surface area contributed by atoms with Crippen molar-refractivity contribution in [2.45, 2.75) is 13.8 Å². The van der Waals surface area contributed by atoms with Gasteiger partial charge in [0, 0.05) is 16.2 Å². The maximum atomic E-state index is 14.3. The average molecular weight is 294 g/mol. The second kappa shape index (κ2) is 5.63. The van der Waals surface area contributed by atoms with Gasteiger partial charge in [0.1, 0.15) is 0 Å². The molecule has 0 aliphatic rings. The Labute approximate surface area is 120 Å². The lowest BCUT2D eigenvalue weighted by molar-refractivity contribution is 0.105. The number of thiophene rings is 1. The van der Waals surface area contributed by atoms with Gasteiger partial charge in [-0.25, -0.2) is 4.39 Å². The molecule has 1 heterocycles. The summed E-state index contributed by atoms with van der Waals surface area (Å²) in [5.41, 5.74) is 0.906. The Bertz CT molecular complexity index is 697. The van der Waals surface area contributed by atoms with Crippen molar-refractivity contribution >= 4 is 27.2 Å². The maximum absolute atomic E-state index is 14.3. The van der Waals surface area contributed by atoms with Crippen molar-refractivity contribution < 1.29 is 18.7 Å². The third-order valence-corrected chi connectivity index (χ3v) is 3.87. The fraction of sp³-hybridized carbons (Fsp3) is 0.267. The number of rotatable bonds is 4. The molecule has 106 valence electrons. The molecule has 0 aliphatic carbocycles. The molecule has 20 heavy (non-hydrogen) atoms. The number of fused-ring (bicyclic) bond motifs is 1. The molecule has 1 aromatic carbocycles. The first-order valence-electron chi connectivity index (χ1n) is 6.01. The van der Waals surface area contributed by atoms with E-state index in [1.165, 1.54) is 31.6 Å². The van der Waals surface area contributed by atoms with Gasteiger partial charge in [0.05, 0.1) is 19.1 Å². The number of carbonyl (C=O) groups is 1. The number of ketones is 1. The van der Waals surface area contributed by atoms with Crippen LogP contribution >= 0.6 is 11.3 Å². The molecule has 0 bridgehead atoms. The normalized spacial score (nSPS) is 10.4. The summed E-state index contributed by atoms with van der Waals surface area (Å²) in [6.07, 6.45) is 1.54. The number of hydrogen-bond acceptors (Lipinski definition) is 4. The molecule has 0 N–H and O–H groups in total. The number of ether oxygens (including phenoxy) is 2. The lowest BCUT2D eigenvalue weighted by atomic mass is 10.2. The monoisotopic (exact) mass is 294 g/mol. The second-order valence-electron chi connectivity index (χ2n) is 4.53. The molecule has 0 spiro atoms. The van der Waals surface area contributed by atoms with Crippen molar-refractivity contribution in [3.8, 4) is 11.5 Å². The Morgan fingerprint density at radius 2 is 1.95 bits per heavy atom. The van der Waals surface area contributed by atoms with Gasteiger partial charge in [0.2, 0.25) is 0 Å². The van der Waals surface area contributed by atoms with Crippen molar-refractivity contribution in [1.29, 1.82) is 0 Å². The minimum absolute atomic E-state index is 0.0546. The third kappa shape index (κ3) is 2.54. The summed E-state index contributed by atoms with van der Waals surface area (Å²) in [6, 6.07) is 3.24. The minimum atomic E-state index is -0.505. The van der Waals surface area contributed by atoms with Crippen LogP contribution in [-0.4, -0.2) is 20.0 Å². The smallest absolute Gasteiger partial charge is 0.197 e. The van der Waals surface area contributed by atoms with Crippen LogP contribution in [0.5, 0.6) is 11.5 Å². The van der Waals surface area contributed by atoms with E-state index in [1.807, 2.05) is 13.8 Å². The summed E-state index contributed by atoms with van der Waals surface area (Å²) >= 11 is 1.24. The van der Waals surface area contributed by atoms with Gasteiger partial charge in [-0.2, -0.15) is 0 Å². The summed E-state index contributed by atoms with van der Waals surface area (Å²) in [5, 5.41) is 0.373. The van der Waals surface area contributed by atoms with Crippen LogP contribution in [0.1, 0.15) is 23.5 Å². The van der Waals surface area contributed by atoms with E-state index in [1.54, 1.807) is 12.1 Å². The molecule has 1 aromatic heterocycles. The first-order valence-corrected chi connectivity index (χ1v) is 6.82. The van der Waals surface area contributed by atoms with Gasteiger partial charge in [-0.1, -0.05) is 5.57 Å². The number of hydrogen-bond donors (Lipinski definition) is 0. The summed E-state index contributed by atoms with van der Waals surface area (Å²) in [7, 11) is 2.83. The average Bonchev–Trinajstić information content (AvgIpc) is 2.82. The van der Waals surface area contributed by atoms with Crippen LogP contribution in [0.25, 0.3) is 10.1 Å². The zero-order valence-corrected chi connectivity index (χ0v) is 12.6. The highest BCUT2D eigenvalue weighted by Crippen LogP contribution is 2.39. The van der Waals surface area contributed by atoms with Crippen molar-refractivity contribution in [2.24, 2.45) is 0 Å². The Balaban J connectivity index is 2.62. The van der Waals surface area contributed by atoms with E-state index in [9.17, 15) is 9.18 Å². The predicted molar refractivity (Wildman–Crippen MR) is 78.6 cm³/mol. The Hall–Kier alpha value is -1.88. The molecule has 0 unspecified atom stereocenters. The van der Waals surface area contributed by atoms with Gasteiger partial charge in [-0.15, -0.1) is 11.3 Å². The molecule has 2 aromatic rings. The van der Waals surface area contributed by atoms with Gasteiger partial charge in [-0.3, -0.25) is 4.79 Å². The van der Waals surface area contributed by atoms with Crippen molar-refractivity contribution in [2.75, 3.05) is 14.2 Å². The zero-order chi connectivity index (χ0) is 14.9. The number of halogens is 1. The van der Waals surface area contributed by atoms with Gasteiger partial charge < -0.3 is 9.47 Å². The van der Waals surface area contributed by atoms with Crippen LogP contribution in [0.4, 0.5) is 4.39 Å². The Morgan fingerprint density at radius 1 is 1.25 bits per heavy atom. The topological polar surface area (TPSA) is 35.5 Å². The van der Waals surface area contributed by atoms with Crippen LogP contribution in [-0.2, 0) is 0 Å². The molecule has 3 nitrogen and oxygen atoms in total. The molecule has 0 aliphatic heterocycles. The van der Waals surface area contributed by atoms with Crippen molar-refractivity contribution in [3.05, 3.63) is 34.5 Å². The largest absolute Gasteiger partial charge is 0.493 e. The highest BCUT2D eigenvalue weighted by Gasteiger charge is 2.18. The van der Waals surface area contributed by atoms with E-state index in [0.717, 1.165) is 5.57 Å². The highest BCUT2D eigenvalue weighted by molar-refractivity contribution is 7.21. The lowest BCUT2D eigenvalue weighted by Crippen LogP contribution is -1.93. The SMILES string of the molecule is COc1cc2sc(C(=O)C=C(C)C)cc2c(F)c1OC. The number of carbonyl (C=O) groups excluding carboxylic acids is 1. The Morgan fingerprint density at radius 3 is 2.50 bits per heavy atom. The number of benzene rings is 1. The highest BCUT2D eigenvalue weighted by atomic mass is 32.1. The third-order valence-electron chi connectivity index (χ3n) is 2.77. The summed E-state index contributed by atoms with van der Waals surface area (Å²) in [5.74, 6) is -0.252. The quantitative estimate of drug-likeness (QED) is 0.626. The van der Waals surface area contributed by atoms with Crippen LogP contribution < -0.4 is 9.47 Å². The van der Waals surface area contributed by atoms with E-state index in [-0.39, 0.29) is 11.5 Å². The maximum Gasteiger partial charge on any atom is 0.197 e. The van der Waals surface area contributed by atoms with Gasteiger partial charge in [-0.05, 0) is 26.0 Å². The molecular weight excluding hydrogens is 279 g/mol. The van der Waals surface area contributed by atoms with Crippen molar-refractivity contribution in [1.82, 2.24) is 0 Å². The van der Waals surface area contributed by atoms with E-state index in [0.29, 0.717) is 20.7 Å². The van der Waals surface area contributed by atoms with E-state index < -0.39 is 5.82 Å². The van der Waals surface area contributed by atoms with E-state index >= 15 is 0 Å². The van der Waals surface area contributed by atoms with Gasteiger partial charge >= 0.3 is 0 Å². The van der Waals surface area contributed by atoms with Crippen molar-refractivity contribution in [3.63, 3.8) is 0 Å². The molecular formula is C15H15FO3S. The lowest BCUT2D eigenvalue weighted by Gasteiger charge is -2.08. The minimum Gasteiger partial charge on any atom is -0.493 e. The first-order chi connectivity index (χ1) is 9.47. The standard InChI is InChI=1S/C15H15FO3S/c1-8(2)5-10(17)13-6-9-12(20-13)7-11(18-3)15(19-4)14(9)16/h5-7H,1-4H3. The molecule has 2 rings (SSSR count). The van der Waals surface area contributed by atoms with Gasteiger partial charge in [0.25, 0.3) is 0 Å². The summed E-state index contributed by atoms with van der Waals surface area (Å²) in [6.45, 7) is 3.69. The number of methoxy groups -OCH3 is 2. The zero-order valence-electron chi connectivity index (χ0n) is 11.7. The fourth-order valence-electron chi connectivity index (χ4n) is 1.90. The first kappa shape index (κ1) is 14.5. The molecule has 0 radical (unpaired) electrons. The number of allylic oxidation sites excluding steroid dienone is 2. The van der Waals surface area contributed by atoms with Crippen LogP contribution in [0, 0.1) is 5.82 Å². The molecule has 0 fully saturated rings. The Kier molecular flexibility index (Phi) is 4.09. The molecule has 0 saturated heterocycles.